The first-order valence-electron chi connectivity index (χ1n) is 12.0. The van der Waals surface area contributed by atoms with Gasteiger partial charge in [-0.1, -0.05) is 0 Å². The average molecular weight is 531 g/mol. The summed E-state index contributed by atoms with van der Waals surface area (Å²) in [7, 11) is 0. The van der Waals surface area contributed by atoms with Crippen molar-refractivity contribution >= 4 is 29.1 Å². The maximum absolute atomic E-state index is 14.2. The maximum Gasteiger partial charge on any atom is 0.263 e. The van der Waals surface area contributed by atoms with Crippen LogP contribution >= 0.6 is 11.3 Å². The second-order valence-electron chi connectivity index (χ2n) is 9.06. The minimum Gasteiger partial charge on any atom is -0.345 e. The zero-order chi connectivity index (χ0) is 26.5. The Labute approximate surface area is 216 Å². The van der Waals surface area contributed by atoms with E-state index in [0.29, 0.717) is 22.9 Å². The zero-order valence-corrected chi connectivity index (χ0v) is 21.3. The Hall–Kier alpha value is -3.67. The van der Waals surface area contributed by atoms with Crippen LogP contribution in [0, 0.1) is 11.6 Å². The van der Waals surface area contributed by atoms with Crippen molar-refractivity contribution < 1.29 is 23.2 Å². The minimum absolute atomic E-state index is 0.0643. The highest BCUT2D eigenvalue weighted by Gasteiger charge is 2.31. The number of halogens is 2. The molecule has 4 rings (SSSR count). The number of carbonyl (C=O) groups excluding carboxylic acids is 3. The lowest BCUT2D eigenvalue weighted by molar-refractivity contribution is -0.137. The number of amides is 3. The SMILES string of the molecule is C[C@H](NC(=O)[C@H](CC(=O)N1CCCC[C@@H]1C)NC(=O)c1cncs1)c1ncc(-c2ccc(F)cc2F)[nH]1. The van der Waals surface area contributed by atoms with Gasteiger partial charge in [-0.25, -0.2) is 13.8 Å². The molecule has 3 atom stereocenters. The number of nitrogens with one attached hydrogen (secondary N) is 3. The normalized spacial score (nSPS) is 17.2. The van der Waals surface area contributed by atoms with Gasteiger partial charge in [0, 0.05) is 24.2 Å². The minimum atomic E-state index is -1.12. The molecule has 3 aromatic rings. The van der Waals surface area contributed by atoms with E-state index in [9.17, 15) is 23.2 Å². The predicted octanol–water partition coefficient (Wildman–Crippen LogP) is 3.58. The fraction of sp³-hybridized carbons (Fsp3) is 0.400. The molecule has 9 nitrogen and oxygen atoms in total. The van der Waals surface area contributed by atoms with Gasteiger partial charge < -0.3 is 20.5 Å². The Kier molecular flexibility index (Phi) is 8.27. The second kappa shape index (κ2) is 11.6. The molecule has 12 heteroatoms. The van der Waals surface area contributed by atoms with Crippen molar-refractivity contribution in [2.75, 3.05) is 6.54 Å². The number of aromatic amines is 1. The summed E-state index contributed by atoms with van der Waals surface area (Å²) < 4.78 is 27.4. The summed E-state index contributed by atoms with van der Waals surface area (Å²) in [4.78, 5) is 52.1. The van der Waals surface area contributed by atoms with E-state index in [4.69, 9.17) is 0 Å². The fourth-order valence-electron chi connectivity index (χ4n) is 4.31. The Morgan fingerprint density at radius 2 is 2.03 bits per heavy atom. The Morgan fingerprint density at radius 1 is 1.22 bits per heavy atom. The van der Waals surface area contributed by atoms with E-state index in [2.05, 4.69) is 25.6 Å². The molecule has 2 aromatic heterocycles. The molecule has 0 unspecified atom stereocenters. The topological polar surface area (TPSA) is 120 Å². The molecule has 3 heterocycles. The van der Waals surface area contributed by atoms with Crippen LogP contribution in [0.3, 0.4) is 0 Å². The molecular weight excluding hydrogens is 502 g/mol. The summed E-state index contributed by atoms with van der Waals surface area (Å²) >= 11 is 1.13. The van der Waals surface area contributed by atoms with Crippen molar-refractivity contribution in [3.05, 3.63) is 58.4 Å². The molecule has 1 aliphatic heterocycles. The Balaban J connectivity index is 1.47. The average Bonchev–Trinajstić information content (AvgIpc) is 3.57. The van der Waals surface area contributed by atoms with Crippen LogP contribution in [0.25, 0.3) is 11.3 Å². The first kappa shape index (κ1) is 26.4. The van der Waals surface area contributed by atoms with Crippen molar-refractivity contribution in [3.8, 4) is 11.3 Å². The number of hydrogen-bond acceptors (Lipinski definition) is 6. The Bertz CT molecular complexity index is 1270. The Morgan fingerprint density at radius 3 is 2.73 bits per heavy atom. The molecule has 0 bridgehead atoms. The number of aromatic nitrogens is 3. The van der Waals surface area contributed by atoms with Gasteiger partial charge >= 0.3 is 0 Å². The molecule has 1 aromatic carbocycles. The van der Waals surface area contributed by atoms with Crippen LogP contribution in [0.15, 0.2) is 36.1 Å². The molecule has 196 valence electrons. The van der Waals surface area contributed by atoms with Crippen LogP contribution in [-0.4, -0.2) is 56.2 Å². The summed E-state index contributed by atoms with van der Waals surface area (Å²) in [5.41, 5.74) is 1.96. The summed E-state index contributed by atoms with van der Waals surface area (Å²) in [5, 5.41) is 5.43. The van der Waals surface area contributed by atoms with Crippen molar-refractivity contribution in [1.29, 1.82) is 0 Å². The molecule has 1 fully saturated rings. The van der Waals surface area contributed by atoms with Crippen molar-refractivity contribution in [1.82, 2.24) is 30.5 Å². The number of carbonyl (C=O) groups is 3. The van der Waals surface area contributed by atoms with Crippen LogP contribution in [-0.2, 0) is 9.59 Å². The summed E-state index contributed by atoms with van der Waals surface area (Å²) in [6, 6.07) is 1.50. The van der Waals surface area contributed by atoms with Crippen LogP contribution < -0.4 is 10.6 Å². The smallest absolute Gasteiger partial charge is 0.263 e. The highest BCUT2D eigenvalue weighted by Crippen LogP contribution is 2.23. The van der Waals surface area contributed by atoms with E-state index in [1.54, 1.807) is 11.8 Å². The van der Waals surface area contributed by atoms with Crippen LogP contribution in [0.5, 0.6) is 0 Å². The third-order valence-electron chi connectivity index (χ3n) is 6.37. The molecule has 0 radical (unpaired) electrons. The van der Waals surface area contributed by atoms with Gasteiger partial charge in [0.05, 0.1) is 36.1 Å². The van der Waals surface area contributed by atoms with E-state index in [1.165, 1.54) is 24.0 Å². The van der Waals surface area contributed by atoms with Gasteiger partial charge in [0.25, 0.3) is 5.91 Å². The van der Waals surface area contributed by atoms with Gasteiger partial charge in [-0.15, -0.1) is 11.3 Å². The number of likely N-dealkylation sites (tertiary alicyclic amines) is 1. The number of nitrogens with zero attached hydrogens (tertiary/aromatic N) is 3. The predicted molar refractivity (Wildman–Crippen MR) is 134 cm³/mol. The molecule has 0 aliphatic carbocycles. The van der Waals surface area contributed by atoms with Crippen LogP contribution in [0.2, 0.25) is 0 Å². The van der Waals surface area contributed by atoms with Crippen molar-refractivity contribution in [2.24, 2.45) is 0 Å². The maximum atomic E-state index is 14.2. The van der Waals surface area contributed by atoms with E-state index in [-0.39, 0.29) is 23.9 Å². The first-order valence-corrected chi connectivity index (χ1v) is 12.9. The third kappa shape index (κ3) is 6.37. The molecule has 37 heavy (non-hydrogen) atoms. The van der Waals surface area contributed by atoms with Crippen molar-refractivity contribution in [3.63, 3.8) is 0 Å². The number of hydrogen-bond donors (Lipinski definition) is 3. The number of rotatable bonds is 8. The van der Waals surface area contributed by atoms with Crippen LogP contribution in [0.1, 0.15) is 61.1 Å². The zero-order valence-electron chi connectivity index (χ0n) is 20.5. The van der Waals surface area contributed by atoms with Gasteiger partial charge in [0.2, 0.25) is 11.8 Å². The molecule has 1 saturated heterocycles. The lowest BCUT2D eigenvalue weighted by atomic mass is 10.0. The third-order valence-corrected chi connectivity index (χ3v) is 7.14. The second-order valence-corrected chi connectivity index (χ2v) is 9.95. The number of piperidine rings is 1. The molecule has 1 aliphatic rings. The first-order chi connectivity index (χ1) is 17.7. The molecule has 0 saturated carbocycles. The fourth-order valence-corrected chi connectivity index (χ4v) is 4.83. The molecule has 3 amide bonds. The number of thiazole rings is 1. The number of H-pyrrole nitrogens is 1. The quantitative estimate of drug-likeness (QED) is 0.411. The van der Waals surface area contributed by atoms with Gasteiger partial charge in [-0.2, -0.15) is 0 Å². The van der Waals surface area contributed by atoms with E-state index >= 15 is 0 Å². The molecule has 3 N–H and O–H groups in total. The van der Waals surface area contributed by atoms with E-state index in [0.717, 1.165) is 42.7 Å². The molecule has 0 spiro atoms. The number of benzene rings is 1. The van der Waals surface area contributed by atoms with Crippen LogP contribution in [0.4, 0.5) is 8.78 Å². The lowest BCUT2D eigenvalue weighted by Crippen LogP contribution is -2.51. The standard InChI is InChI=1S/C25H28F2N6O3S/c1-14-5-3-4-8-33(14)22(34)10-19(32-25(36)21-12-28-13-37-21)24(35)30-15(2)23-29-11-20(31-23)17-7-6-16(26)9-18(17)27/h6-7,9,11-15,19H,3-5,8,10H2,1-2H3,(H,29,31)(H,30,35)(H,32,36)/t14-,15-,19-/m0/s1. The van der Waals surface area contributed by atoms with Gasteiger partial charge in [-0.3, -0.25) is 19.4 Å². The summed E-state index contributed by atoms with van der Waals surface area (Å²) in [6.07, 6.45) is 5.41. The summed E-state index contributed by atoms with van der Waals surface area (Å²) in [6.45, 7) is 4.25. The van der Waals surface area contributed by atoms with Gasteiger partial charge in [-0.05, 0) is 45.2 Å². The van der Waals surface area contributed by atoms with Gasteiger partial charge in [0.15, 0.2) is 0 Å². The molecular formula is C25H28F2N6O3S. The van der Waals surface area contributed by atoms with E-state index < -0.39 is 35.5 Å². The summed E-state index contributed by atoms with van der Waals surface area (Å²) in [5.74, 6) is -2.38. The van der Waals surface area contributed by atoms with E-state index in [1.807, 2.05) is 6.92 Å². The highest BCUT2D eigenvalue weighted by molar-refractivity contribution is 7.11. The largest absolute Gasteiger partial charge is 0.345 e. The van der Waals surface area contributed by atoms with Gasteiger partial charge in [0.1, 0.15) is 28.4 Å². The lowest BCUT2D eigenvalue weighted by Gasteiger charge is -2.34. The monoisotopic (exact) mass is 530 g/mol. The highest BCUT2D eigenvalue weighted by atomic mass is 32.1. The number of imidazole rings is 1. The van der Waals surface area contributed by atoms with Crippen molar-refractivity contribution in [2.45, 2.75) is 57.7 Å².